The molecule has 1 aliphatic rings. The summed E-state index contributed by atoms with van der Waals surface area (Å²) < 4.78 is 0. The van der Waals surface area contributed by atoms with Crippen LogP contribution in [-0.2, 0) is 0 Å². The van der Waals surface area contributed by atoms with Gasteiger partial charge in [-0.15, -0.1) is 0 Å². The first-order chi connectivity index (χ1) is 8.18. The molecular weight excluding hydrogens is 234 g/mol. The van der Waals surface area contributed by atoms with Crippen LogP contribution in [-0.4, -0.2) is 16.5 Å². The summed E-state index contributed by atoms with van der Waals surface area (Å²) in [6.45, 7) is 5.30. The Morgan fingerprint density at radius 3 is 2.88 bits per heavy atom. The number of aromatic nitrogens is 2. The molecule has 0 amide bonds. The third kappa shape index (κ3) is 3.09. The summed E-state index contributed by atoms with van der Waals surface area (Å²) in [4.78, 5) is 8.21. The molecule has 4 heteroatoms. The van der Waals surface area contributed by atoms with Crippen molar-refractivity contribution < 1.29 is 0 Å². The van der Waals surface area contributed by atoms with Crippen molar-refractivity contribution in [2.24, 2.45) is 11.8 Å². The Kier molecular flexibility index (Phi) is 4.21. The fourth-order valence-electron chi connectivity index (χ4n) is 2.53. The highest BCUT2D eigenvalue weighted by Crippen LogP contribution is 2.30. The fraction of sp³-hybridized carbons (Fsp3) is 0.692. The van der Waals surface area contributed by atoms with Gasteiger partial charge in [-0.2, -0.15) is 0 Å². The minimum atomic E-state index is 0.541. The van der Waals surface area contributed by atoms with Gasteiger partial charge < -0.3 is 5.32 Å². The van der Waals surface area contributed by atoms with Crippen molar-refractivity contribution in [1.82, 2.24) is 9.97 Å². The number of anilines is 1. The number of hydrogen-bond donors (Lipinski definition) is 1. The quantitative estimate of drug-likeness (QED) is 0.835. The molecule has 2 rings (SSSR count). The van der Waals surface area contributed by atoms with Crippen LogP contribution in [0.3, 0.4) is 0 Å². The summed E-state index contributed by atoms with van der Waals surface area (Å²) in [6.07, 6.45) is 6.94. The first-order valence-electron chi connectivity index (χ1n) is 6.39. The maximum absolute atomic E-state index is 5.97. The third-order valence-electron chi connectivity index (χ3n) is 3.84. The molecule has 1 N–H and O–H groups in total. The molecule has 1 fully saturated rings. The normalized spacial score (nSPS) is 24.6. The number of hydrogen-bond acceptors (Lipinski definition) is 3. The van der Waals surface area contributed by atoms with E-state index in [4.69, 9.17) is 11.6 Å². The Bertz CT molecular complexity index is 381. The Morgan fingerprint density at radius 2 is 2.12 bits per heavy atom. The molecule has 1 saturated carbocycles. The number of halogens is 1. The van der Waals surface area contributed by atoms with E-state index in [-0.39, 0.29) is 0 Å². The predicted molar refractivity (Wildman–Crippen MR) is 71.4 cm³/mol. The molecule has 0 spiro atoms. The van der Waals surface area contributed by atoms with Gasteiger partial charge in [0.15, 0.2) is 0 Å². The summed E-state index contributed by atoms with van der Waals surface area (Å²) in [5.41, 5.74) is 0.942. The van der Waals surface area contributed by atoms with Crippen LogP contribution in [0.4, 0.5) is 5.82 Å². The summed E-state index contributed by atoms with van der Waals surface area (Å²) >= 11 is 5.97. The lowest BCUT2D eigenvalue weighted by Crippen LogP contribution is -2.24. The molecule has 17 heavy (non-hydrogen) atoms. The van der Waals surface area contributed by atoms with Crippen molar-refractivity contribution >= 4 is 17.4 Å². The van der Waals surface area contributed by atoms with Gasteiger partial charge in [-0.3, -0.25) is 0 Å². The van der Waals surface area contributed by atoms with Crippen LogP contribution in [0.25, 0.3) is 0 Å². The lowest BCUT2D eigenvalue weighted by Gasteiger charge is -2.29. The van der Waals surface area contributed by atoms with Gasteiger partial charge in [-0.05, 0) is 25.2 Å². The fourth-order valence-corrected chi connectivity index (χ4v) is 2.66. The highest BCUT2D eigenvalue weighted by Gasteiger charge is 2.21. The Labute approximate surface area is 108 Å². The number of nitrogens with zero attached hydrogens (tertiary/aromatic N) is 2. The van der Waals surface area contributed by atoms with Crippen LogP contribution >= 0.6 is 11.6 Å². The Balaban J connectivity index is 1.95. The zero-order chi connectivity index (χ0) is 12.3. The molecule has 3 nitrogen and oxygen atoms in total. The van der Waals surface area contributed by atoms with Crippen LogP contribution in [0.1, 0.15) is 38.2 Å². The van der Waals surface area contributed by atoms with Crippen molar-refractivity contribution in [3.63, 3.8) is 0 Å². The molecule has 94 valence electrons. The van der Waals surface area contributed by atoms with Crippen molar-refractivity contribution in [3.05, 3.63) is 17.0 Å². The van der Waals surface area contributed by atoms with E-state index in [1.54, 1.807) is 0 Å². The zero-order valence-electron chi connectivity index (χ0n) is 10.5. The standard InChI is InChI=1S/C13H20ClN3/c1-9-5-3-4-6-11(9)7-15-13-10(2)12(14)16-8-17-13/h8-9,11H,3-7H2,1-2H3,(H,15,16,17). The SMILES string of the molecule is Cc1c(Cl)ncnc1NCC1CCCCC1C. The van der Waals surface area contributed by atoms with Crippen LogP contribution in [0.5, 0.6) is 0 Å². The topological polar surface area (TPSA) is 37.8 Å². The van der Waals surface area contributed by atoms with E-state index in [1.165, 1.54) is 32.0 Å². The van der Waals surface area contributed by atoms with Crippen molar-refractivity contribution in [2.75, 3.05) is 11.9 Å². The van der Waals surface area contributed by atoms with Gasteiger partial charge in [0.1, 0.15) is 17.3 Å². The largest absolute Gasteiger partial charge is 0.369 e. The molecule has 0 aromatic carbocycles. The van der Waals surface area contributed by atoms with E-state index in [1.807, 2.05) is 6.92 Å². The van der Waals surface area contributed by atoms with E-state index in [0.717, 1.165) is 29.8 Å². The number of nitrogens with one attached hydrogen (secondary N) is 1. The third-order valence-corrected chi connectivity index (χ3v) is 4.22. The van der Waals surface area contributed by atoms with Crippen LogP contribution in [0.2, 0.25) is 5.15 Å². The van der Waals surface area contributed by atoms with E-state index in [0.29, 0.717) is 5.15 Å². The van der Waals surface area contributed by atoms with Gasteiger partial charge >= 0.3 is 0 Å². The minimum absolute atomic E-state index is 0.541. The molecule has 0 bridgehead atoms. The molecule has 0 radical (unpaired) electrons. The molecule has 0 aliphatic heterocycles. The zero-order valence-corrected chi connectivity index (χ0v) is 11.3. The minimum Gasteiger partial charge on any atom is -0.369 e. The second kappa shape index (κ2) is 5.67. The molecule has 1 aromatic heterocycles. The summed E-state index contributed by atoms with van der Waals surface area (Å²) in [5, 5.41) is 3.96. The number of rotatable bonds is 3. The molecule has 1 aliphatic carbocycles. The summed E-state index contributed by atoms with van der Waals surface area (Å²) in [7, 11) is 0. The first-order valence-corrected chi connectivity index (χ1v) is 6.77. The van der Waals surface area contributed by atoms with Gasteiger partial charge in [-0.25, -0.2) is 9.97 Å². The Hall–Kier alpha value is -0.830. The van der Waals surface area contributed by atoms with Crippen LogP contribution in [0, 0.1) is 18.8 Å². The van der Waals surface area contributed by atoms with Gasteiger partial charge in [0, 0.05) is 12.1 Å². The molecule has 2 atom stereocenters. The smallest absolute Gasteiger partial charge is 0.137 e. The van der Waals surface area contributed by atoms with Gasteiger partial charge in [0.05, 0.1) is 0 Å². The van der Waals surface area contributed by atoms with Gasteiger partial charge in [0.2, 0.25) is 0 Å². The van der Waals surface area contributed by atoms with Gasteiger partial charge in [0.25, 0.3) is 0 Å². The van der Waals surface area contributed by atoms with E-state index < -0.39 is 0 Å². The van der Waals surface area contributed by atoms with Gasteiger partial charge in [-0.1, -0.05) is 37.8 Å². The van der Waals surface area contributed by atoms with Crippen molar-refractivity contribution in [3.8, 4) is 0 Å². The van der Waals surface area contributed by atoms with E-state index in [9.17, 15) is 0 Å². The molecule has 2 unspecified atom stereocenters. The average Bonchev–Trinajstić information content (AvgIpc) is 2.33. The average molecular weight is 254 g/mol. The maximum Gasteiger partial charge on any atom is 0.137 e. The van der Waals surface area contributed by atoms with E-state index >= 15 is 0 Å². The van der Waals surface area contributed by atoms with Crippen molar-refractivity contribution in [1.29, 1.82) is 0 Å². The highest BCUT2D eigenvalue weighted by atomic mass is 35.5. The molecular formula is C13H20ClN3. The van der Waals surface area contributed by atoms with Crippen molar-refractivity contribution in [2.45, 2.75) is 39.5 Å². The predicted octanol–water partition coefficient (Wildman–Crippen LogP) is 3.68. The highest BCUT2D eigenvalue weighted by molar-refractivity contribution is 6.30. The maximum atomic E-state index is 5.97. The molecule has 1 heterocycles. The summed E-state index contributed by atoms with van der Waals surface area (Å²) in [6, 6.07) is 0. The van der Waals surface area contributed by atoms with Crippen LogP contribution in [0.15, 0.2) is 6.33 Å². The van der Waals surface area contributed by atoms with E-state index in [2.05, 4.69) is 22.2 Å². The van der Waals surface area contributed by atoms with Crippen LogP contribution < -0.4 is 5.32 Å². The lowest BCUT2D eigenvalue weighted by atomic mass is 9.80. The second-order valence-electron chi connectivity index (χ2n) is 5.04. The Morgan fingerprint density at radius 1 is 1.35 bits per heavy atom. The first kappa shape index (κ1) is 12.6. The lowest BCUT2D eigenvalue weighted by molar-refractivity contribution is 0.268. The molecule has 1 aromatic rings. The molecule has 0 saturated heterocycles. The monoisotopic (exact) mass is 253 g/mol. The summed E-state index contributed by atoms with van der Waals surface area (Å²) in [5.74, 6) is 2.45. The second-order valence-corrected chi connectivity index (χ2v) is 5.40.